The molecular weight excluding hydrogens is 226 g/mol. The highest BCUT2D eigenvalue weighted by Gasteiger charge is 2.39. The van der Waals surface area contributed by atoms with Gasteiger partial charge in [-0.05, 0) is 37.5 Å². The summed E-state index contributed by atoms with van der Waals surface area (Å²) in [4.78, 5) is 0. The molecule has 18 heavy (non-hydrogen) atoms. The summed E-state index contributed by atoms with van der Waals surface area (Å²) in [5.74, 6) is 0. The van der Waals surface area contributed by atoms with E-state index in [0.717, 1.165) is 17.8 Å². The molecule has 4 nitrogen and oxygen atoms in total. The first-order valence-electron chi connectivity index (χ1n) is 6.27. The van der Waals surface area contributed by atoms with Gasteiger partial charge in [-0.3, -0.25) is 0 Å². The Morgan fingerprint density at radius 3 is 2.72 bits per heavy atom. The van der Waals surface area contributed by atoms with Crippen molar-refractivity contribution >= 4 is 0 Å². The van der Waals surface area contributed by atoms with Crippen molar-refractivity contribution in [1.29, 1.82) is 0 Å². The molecule has 94 valence electrons. The van der Waals surface area contributed by atoms with Crippen LogP contribution in [0.15, 0.2) is 42.6 Å². The molecule has 0 radical (unpaired) electrons. The van der Waals surface area contributed by atoms with Crippen LogP contribution in [0.1, 0.15) is 25.0 Å². The first-order valence-corrected chi connectivity index (χ1v) is 6.27. The van der Waals surface area contributed by atoms with Crippen LogP contribution in [-0.2, 0) is 5.60 Å². The molecule has 0 saturated heterocycles. The van der Waals surface area contributed by atoms with Crippen molar-refractivity contribution in [2.75, 3.05) is 0 Å². The zero-order chi connectivity index (χ0) is 12.6. The first-order chi connectivity index (χ1) is 8.69. The van der Waals surface area contributed by atoms with Crippen molar-refractivity contribution in [3.63, 3.8) is 0 Å². The second-order valence-electron chi connectivity index (χ2n) is 5.00. The van der Waals surface area contributed by atoms with E-state index in [2.05, 4.69) is 5.10 Å². The number of aliphatic hydroxyl groups is 1. The predicted octanol–water partition coefficient (Wildman–Crippen LogP) is 1.57. The Morgan fingerprint density at radius 1 is 1.28 bits per heavy atom. The third-order valence-electron chi connectivity index (χ3n) is 3.65. The number of nitrogens with two attached hydrogens (primary N) is 1. The minimum Gasteiger partial charge on any atom is -0.383 e. The van der Waals surface area contributed by atoms with Crippen LogP contribution >= 0.6 is 0 Å². The molecule has 2 aromatic rings. The topological polar surface area (TPSA) is 64.1 Å². The monoisotopic (exact) mass is 243 g/mol. The average Bonchev–Trinajstić information content (AvgIpc) is 2.98. The number of hydrogen-bond acceptors (Lipinski definition) is 3. The Balaban J connectivity index is 2.02. The van der Waals surface area contributed by atoms with Gasteiger partial charge >= 0.3 is 0 Å². The SMILES string of the molecule is NC1CCC(O)(c2ccnn2-c2ccccc2)C1. The van der Waals surface area contributed by atoms with Crippen LogP contribution in [-0.4, -0.2) is 20.9 Å². The van der Waals surface area contributed by atoms with Crippen LogP contribution in [0.5, 0.6) is 0 Å². The molecule has 2 atom stereocenters. The Hall–Kier alpha value is -1.65. The number of rotatable bonds is 2. The molecule has 1 heterocycles. The fourth-order valence-corrected chi connectivity index (χ4v) is 2.73. The highest BCUT2D eigenvalue weighted by Crippen LogP contribution is 2.38. The van der Waals surface area contributed by atoms with Gasteiger partial charge in [-0.25, -0.2) is 4.68 Å². The Kier molecular flexibility index (Phi) is 2.69. The van der Waals surface area contributed by atoms with E-state index in [1.165, 1.54) is 0 Å². The lowest BCUT2D eigenvalue weighted by atomic mass is 9.97. The standard InChI is InChI=1S/C14H17N3O/c15-11-6-8-14(18,10-11)13-7-9-16-17(13)12-4-2-1-3-5-12/h1-5,7,9,11,18H,6,8,10,15H2. The second kappa shape index (κ2) is 4.23. The van der Waals surface area contributed by atoms with Crippen molar-refractivity contribution in [3.8, 4) is 5.69 Å². The van der Waals surface area contributed by atoms with Crippen LogP contribution in [0.25, 0.3) is 5.69 Å². The van der Waals surface area contributed by atoms with E-state index in [1.807, 2.05) is 36.4 Å². The molecule has 1 aromatic carbocycles. The summed E-state index contributed by atoms with van der Waals surface area (Å²) in [7, 11) is 0. The summed E-state index contributed by atoms with van der Waals surface area (Å²) in [6, 6.07) is 11.8. The van der Waals surface area contributed by atoms with Crippen LogP contribution in [0.3, 0.4) is 0 Å². The molecule has 0 aliphatic heterocycles. The summed E-state index contributed by atoms with van der Waals surface area (Å²) < 4.78 is 1.80. The smallest absolute Gasteiger partial charge is 0.108 e. The van der Waals surface area contributed by atoms with E-state index in [0.29, 0.717) is 12.8 Å². The summed E-state index contributed by atoms with van der Waals surface area (Å²) >= 11 is 0. The van der Waals surface area contributed by atoms with Gasteiger partial charge in [0.05, 0.1) is 11.4 Å². The lowest BCUT2D eigenvalue weighted by molar-refractivity contribution is 0.0361. The number of hydrogen-bond donors (Lipinski definition) is 2. The maximum Gasteiger partial charge on any atom is 0.108 e. The van der Waals surface area contributed by atoms with Gasteiger partial charge < -0.3 is 10.8 Å². The molecule has 3 N–H and O–H groups in total. The molecule has 4 heteroatoms. The highest BCUT2D eigenvalue weighted by molar-refractivity contribution is 5.34. The summed E-state index contributed by atoms with van der Waals surface area (Å²) in [5, 5.41) is 15.0. The van der Waals surface area contributed by atoms with E-state index in [-0.39, 0.29) is 6.04 Å². The van der Waals surface area contributed by atoms with Gasteiger partial charge in [0.2, 0.25) is 0 Å². The van der Waals surface area contributed by atoms with E-state index in [4.69, 9.17) is 5.73 Å². The van der Waals surface area contributed by atoms with E-state index < -0.39 is 5.60 Å². The molecule has 3 rings (SSSR count). The van der Waals surface area contributed by atoms with Gasteiger partial charge in [-0.2, -0.15) is 5.10 Å². The average molecular weight is 243 g/mol. The maximum atomic E-state index is 10.7. The zero-order valence-corrected chi connectivity index (χ0v) is 10.2. The Labute approximate surface area is 106 Å². The van der Waals surface area contributed by atoms with Gasteiger partial charge in [-0.1, -0.05) is 18.2 Å². The van der Waals surface area contributed by atoms with Crippen LogP contribution < -0.4 is 5.73 Å². The molecule has 1 aliphatic rings. The van der Waals surface area contributed by atoms with E-state index in [1.54, 1.807) is 10.9 Å². The van der Waals surface area contributed by atoms with Crippen molar-refractivity contribution in [1.82, 2.24) is 9.78 Å². The van der Waals surface area contributed by atoms with Gasteiger partial charge in [0, 0.05) is 12.2 Å². The summed E-state index contributed by atoms with van der Waals surface area (Å²) in [6.45, 7) is 0. The van der Waals surface area contributed by atoms with Crippen LogP contribution in [0.2, 0.25) is 0 Å². The molecule has 2 unspecified atom stereocenters. The van der Waals surface area contributed by atoms with Gasteiger partial charge in [0.15, 0.2) is 0 Å². The molecule has 0 bridgehead atoms. The quantitative estimate of drug-likeness (QED) is 0.841. The lowest BCUT2D eigenvalue weighted by Gasteiger charge is -2.23. The van der Waals surface area contributed by atoms with Gasteiger partial charge in [0.25, 0.3) is 0 Å². The predicted molar refractivity (Wildman–Crippen MR) is 69.3 cm³/mol. The van der Waals surface area contributed by atoms with Crippen molar-refractivity contribution in [3.05, 3.63) is 48.3 Å². The van der Waals surface area contributed by atoms with Crippen LogP contribution in [0, 0.1) is 0 Å². The van der Waals surface area contributed by atoms with Crippen molar-refractivity contribution < 1.29 is 5.11 Å². The fourth-order valence-electron chi connectivity index (χ4n) is 2.73. The molecular formula is C14H17N3O. The normalized spacial score (nSPS) is 27.6. The Morgan fingerprint density at radius 2 is 2.06 bits per heavy atom. The number of benzene rings is 1. The highest BCUT2D eigenvalue weighted by atomic mass is 16.3. The number of para-hydroxylation sites is 1. The second-order valence-corrected chi connectivity index (χ2v) is 5.00. The minimum absolute atomic E-state index is 0.0779. The first kappa shape index (κ1) is 11.4. The van der Waals surface area contributed by atoms with Gasteiger partial charge in [-0.15, -0.1) is 0 Å². The molecule has 1 aliphatic carbocycles. The summed E-state index contributed by atoms with van der Waals surface area (Å²) in [5.41, 5.74) is 6.87. The van der Waals surface area contributed by atoms with Crippen molar-refractivity contribution in [2.45, 2.75) is 30.9 Å². The maximum absolute atomic E-state index is 10.7. The van der Waals surface area contributed by atoms with Gasteiger partial charge in [0.1, 0.15) is 5.60 Å². The largest absolute Gasteiger partial charge is 0.383 e. The lowest BCUT2D eigenvalue weighted by Crippen LogP contribution is -2.28. The molecule has 1 fully saturated rings. The molecule has 1 aromatic heterocycles. The third-order valence-corrected chi connectivity index (χ3v) is 3.65. The van der Waals surface area contributed by atoms with E-state index in [9.17, 15) is 5.11 Å². The Bertz CT molecular complexity index is 537. The van der Waals surface area contributed by atoms with Crippen molar-refractivity contribution in [2.24, 2.45) is 5.73 Å². The minimum atomic E-state index is -0.842. The van der Waals surface area contributed by atoms with Crippen LogP contribution in [0.4, 0.5) is 0 Å². The molecule has 0 spiro atoms. The van der Waals surface area contributed by atoms with E-state index >= 15 is 0 Å². The third kappa shape index (κ3) is 1.83. The number of aromatic nitrogens is 2. The zero-order valence-electron chi connectivity index (χ0n) is 10.2. The number of nitrogens with zero attached hydrogens (tertiary/aromatic N) is 2. The fraction of sp³-hybridized carbons (Fsp3) is 0.357. The molecule has 1 saturated carbocycles. The summed E-state index contributed by atoms with van der Waals surface area (Å²) in [6.07, 6.45) is 3.89. The molecule has 0 amide bonds.